The number of imidazole rings is 1. The first-order valence-corrected chi connectivity index (χ1v) is 6.21. The Kier molecular flexibility index (Phi) is 2.94. The first-order chi connectivity index (χ1) is 9.56. The maximum absolute atomic E-state index is 13.2. The minimum absolute atomic E-state index is 0.273. The number of H-pyrrole nitrogens is 1. The standard InChI is InChI=1S/C13H11ClFN5/c1-20-5-10(17-6-20)12-11(13(16)19-18-12)8-3-2-7(15)4-9(8)14/h2-6H,1H3,(H3,16,18,19). The predicted molar refractivity (Wildman–Crippen MR) is 75.6 cm³/mol. The number of aromatic amines is 1. The molecule has 0 atom stereocenters. The highest BCUT2D eigenvalue weighted by molar-refractivity contribution is 6.33. The van der Waals surface area contributed by atoms with E-state index in [2.05, 4.69) is 15.2 Å². The van der Waals surface area contributed by atoms with Crippen LogP contribution in [0.1, 0.15) is 0 Å². The Morgan fingerprint density at radius 1 is 1.40 bits per heavy atom. The third-order valence-corrected chi connectivity index (χ3v) is 3.27. The molecule has 0 amide bonds. The van der Waals surface area contributed by atoms with Crippen LogP contribution < -0.4 is 5.73 Å². The van der Waals surface area contributed by atoms with Gasteiger partial charge in [-0.05, 0) is 18.2 Å². The fourth-order valence-electron chi connectivity index (χ4n) is 2.05. The SMILES string of the molecule is Cn1cnc(-c2[nH]nc(N)c2-c2ccc(F)cc2Cl)c1. The van der Waals surface area contributed by atoms with Crippen molar-refractivity contribution in [3.63, 3.8) is 0 Å². The highest BCUT2D eigenvalue weighted by atomic mass is 35.5. The summed E-state index contributed by atoms with van der Waals surface area (Å²) in [5.41, 5.74) is 8.46. The van der Waals surface area contributed by atoms with Gasteiger partial charge < -0.3 is 10.3 Å². The summed E-state index contributed by atoms with van der Waals surface area (Å²) in [6.45, 7) is 0. The Labute approximate surface area is 119 Å². The topological polar surface area (TPSA) is 72.5 Å². The van der Waals surface area contributed by atoms with E-state index < -0.39 is 5.82 Å². The monoisotopic (exact) mass is 291 g/mol. The largest absolute Gasteiger partial charge is 0.382 e. The summed E-state index contributed by atoms with van der Waals surface area (Å²) in [6, 6.07) is 4.15. The highest BCUT2D eigenvalue weighted by Crippen LogP contribution is 2.37. The normalized spacial score (nSPS) is 10.9. The van der Waals surface area contributed by atoms with Gasteiger partial charge in [0, 0.05) is 18.8 Å². The Balaban J connectivity index is 2.21. The van der Waals surface area contributed by atoms with E-state index in [-0.39, 0.29) is 5.02 Å². The lowest BCUT2D eigenvalue weighted by Gasteiger charge is -2.05. The molecule has 102 valence electrons. The molecule has 3 rings (SSSR count). The Hall–Kier alpha value is -2.34. The molecular formula is C13H11ClFN5. The second-order valence-corrected chi connectivity index (χ2v) is 4.81. The highest BCUT2D eigenvalue weighted by Gasteiger charge is 2.18. The number of nitrogens with zero attached hydrogens (tertiary/aromatic N) is 3. The summed E-state index contributed by atoms with van der Waals surface area (Å²) >= 11 is 6.09. The lowest BCUT2D eigenvalue weighted by Crippen LogP contribution is -1.90. The van der Waals surface area contributed by atoms with Gasteiger partial charge in [0.25, 0.3) is 0 Å². The number of hydrogen-bond donors (Lipinski definition) is 2. The van der Waals surface area contributed by atoms with Gasteiger partial charge in [-0.15, -0.1) is 0 Å². The van der Waals surface area contributed by atoms with Crippen LogP contribution >= 0.6 is 11.6 Å². The predicted octanol–water partition coefficient (Wildman–Crippen LogP) is 2.85. The van der Waals surface area contributed by atoms with Gasteiger partial charge in [0.05, 0.1) is 22.6 Å². The molecular weight excluding hydrogens is 281 g/mol. The van der Waals surface area contributed by atoms with E-state index in [1.807, 2.05) is 17.8 Å². The van der Waals surface area contributed by atoms with E-state index in [9.17, 15) is 4.39 Å². The zero-order chi connectivity index (χ0) is 14.3. The molecule has 0 spiro atoms. The molecule has 0 saturated carbocycles. The lowest BCUT2D eigenvalue weighted by molar-refractivity contribution is 0.628. The Morgan fingerprint density at radius 2 is 2.20 bits per heavy atom. The van der Waals surface area contributed by atoms with E-state index in [0.717, 1.165) is 0 Å². The number of anilines is 1. The smallest absolute Gasteiger partial charge is 0.153 e. The average molecular weight is 292 g/mol. The Bertz CT molecular complexity index is 777. The van der Waals surface area contributed by atoms with Crippen molar-refractivity contribution < 1.29 is 4.39 Å². The molecule has 3 aromatic rings. The van der Waals surface area contributed by atoms with Gasteiger partial charge in [0.1, 0.15) is 11.5 Å². The number of nitrogen functional groups attached to an aromatic ring is 1. The van der Waals surface area contributed by atoms with Crippen LogP contribution in [0, 0.1) is 5.82 Å². The molecule has 0 aliphatic carbocycles. The second kappa shape index (κ2) is 4.64. The van der Waals surface area contributed by atoms with Crippen molar-refractivity contribution in [2.24, 2.45) is 7.05 Å². The number of halogens is 2. The molecule has 0 saturated heterocycles. The van der Waals surface area contributed by atoms with Gasteiger partial charge in [0.2, 0.25) is 0 Å². The number of hydrogen-bond acceptors (Lipinski definition) is 3. The van der Waals surface area contributed by atoms with Crippen LogP contribution in [0.2, 0.25) is 5.02 Å². The van der Waals surface area contributed by atoms with Crippen LogP contribution in [0.5, 0.6) is 0 Å². The van der Waals surface area contributed by atoms with Gasteiger partial charge in [0.15, 0.2) is 5.82 Å². The van der Waals surface area contributed by atoms with E-state index in [4.69, 9.17) is 17.3 Å². The third kappa shape index (κ3) is 2.04. The molecule has 7 heteroatoms. The van der Waals surface area contributed by atoms with Crippen molar-refractivity contribution >= 4 is 17.4 Å². The molecule has 3 N–H and O–H groups in total. The summed E-state index contributed by atoms with van der Waals surface area (Å²) < 4.78 is 15.0. The van der Waals surface area contributed by atoms with Crippen LogP contribution in [0.25, 0.3) is 22.5 Å². The molecule has 2 aromatic heterocycles. The van der Waals surface area contributed by atoms with Gasteiger partial charge in [-0.1, -0.05) is 11.6 Å². The second-order valence-electron chi connectivity index (χ2n) is 4.41. The van der Waals surface area contributed by atoms with Gasteiger partial charge in [-0.3, -0.25) is 5.10 Å². The van der Waals surface area contributed by atoms with Crippen molar-refractivity contribution in [2.75, 3.05) is 5.73 Å². The molecule has 0 unspecified atom stereocenters. The number of nitrogens with one attached hydrogen (secondary N) is 1. The van der Waals surface area contributed by atoms with E-state index in [1.165, 1.54) is 12.1 Å². The van der Waals surface area contributed by atoms with Crippen molar-refractivity contribution in [1.82, 2.24) is 19.7 Å². The van der Waals surface area contributed by atoms with Crippen molar-refractivity contribution in [1.29, 1.82) is 0 Å². The minimum atomic E-state index is -0.403. The van der Waals surface area contributed by atoms with Gasteiger partial charge in [-0.2, -0.15) is 5.10 Å². The Morgan fingerprint density at radius 3 is 2.85 bits per heavy atom. The molecule has 2 heterocycles. The molecule has 1 aromatic carbocycles. The first-order valence-electron chi connectivity index (χ1n) is 5.84. The van der Waals surface area contributed by atoms with Crippen molar-refractivity contribution in [3.05, 3.63) is 41.6 Å². The first kappa shape index (κ1) is 12.7. The van der Waals surface area contributed by atoms with Gasteiger partial charge >= 0.3 is 0 Å². The summed E-state index contributed by atoms with van der Waals surface area (Å²) in [5.74, 6) is -0.112. The van der Waals surface area contributed by atoms with Gasteiger partial charge in [-0.25, -0.2) is 9.37 Å². The van der Waals surface area contributed by atoms with Crippen LogP contribution in [-0.4, -0.2) is 19.7 Å². The maximum Gasteiger partial charge on any atom is 0.153 e. The van der Waals surface area contributed by atoms with Crippen LogP contribution in [0.3, 0.4) is 0 Å². The molecule has 0 aliphatic heterocycles. The van der Waals surface area contributed by atoms with E-state index in [1.54, 1.807) is 12.4 Å². The number of aromatic nitrogens is 4. The molecule has 0 radical (unpaired) electrons. The van der Waals surface area contributed by atoms with Crippen LogP contribution in [-0.2, 0) is 7.05 Å². The summed E-state index contributed by atoms with van der Waals surface area (Å²) in [4.78, 5) is 4.25. The fourth-order valence-corrected chi connectivity index (χ4v) is 2.31. The van der Waals surface area contributed by atoms with E-state index >= 15 is 0 Å². The zero-order valence-corrected chi connectivity index (χ0v) is 11.3. The fraction of sp³-hybridized carbons (Fsp3) is 0.0769. The molecule has 5 nitrogen and oxygen atoms in total. The van der Waals surface area contributed by atoms with E-state index in [0.29, 0.717) is 28.3 Å². The number of aryl methyl sites for hydroxylation is 1. The van der Waals surface area contributed by atoms with Crippen molar-refractivity contribution in [2.45, 2.75) is 0 Å². The number of rotatable bonds is 2. The molecule has 20 heavy (non-hydrogen) atoms. The average Bonchev–Trinajstić information content (AvgIpc) is 2.96. The summed E-state index contributed by atoms with van der Waals surface area (Å²) in [7, 11) is 1.86. The van der Waals surface area contributed by atoms with Crippen LogP contribution in [0.15, 0.2) is 30.7 Å². The number of nitrogens with two attached hydrogens (primary N) is 1. The third-order valence-electron chi connectivity index (χ3n) is 2.96. The van der Waals surface area contributed by atoms with Crippen molar-refractivity contribution in [3.8, 4) is 22.5 Å². The summed E-state index contributed by atoms with van der Waals surface area (Å²) in [5, 5.41) is 7.11. The lowest BCUT2D eigenvalue weighted by atomic mass is 10.0. The number of benzene rings is 1. The van der Waals surface area contributed by atoms with Crippen LogP contribution in [0.4, 0.5) is 10.2 Å². The molecule has 0 aliphatic rings. The molecule has 0 fully saturated rings. The maximum atomic E-state index is 13.2. The summed E-state index contributed by atoms with van der Waals surface area (Å²) in [6.07, 6.45) is 3.50. The quantitative estimate of drug-likeness (QED) is 0.762. The molecule has 0 bridgehead atoms. The minimum Gasteiger partial charge on any atom is -0.382 e. The zero-order valence-electron chi connectivity index (χ0n) is 10.6.